The molecule has 0 N–H and O–H groups in total. The van der Waals surface area contributed by atoms with Crippen LogP contribution < -0.4 is 0 Å². The smallest absolute Gasteiger partial charge is 0.418 e. The lowest BCUT2D eigenvalue weighted by atomic mass is 10.3. The fraction of sp³-hybridized carbons (Fsp3) is 0.500. The molecule has 0 unspecified atom stereocenters. The van der Waals surface area contributed by atoms with E-state index in [9.17, 15) is 17.3 Å². The van der Waals surface area contributed by atoms with Crippen LogP contribution in [0.1, 0.15) is 5.69 Å². The summed E-state index contributed by atoms with van der Waals surface area (Å²) in [5.41, 5.74) is 0.841. The highest BCUT2D eigenvalue weighted by atomic mass is 19.5. The average Bonchev–Trinajstić information content (AvgIpc) is 2.24. The molecule has 0 atom stereocenters. The van der Waals surface area contributed by atoms with Crippen LogP contribution in [-0.4, -0.2) is 37.5 Å². The standard InChI is InChI=1S/C8H12N2O2.BF4/c1-11-4-5-12-7-8-6-9-2-3-10-8;2-1(3,4)5/h2-3,6H,4-5,7H2,1H3;/q;-1. The van der Waals surface area contributed by atoms with E-state index in [1.807, 2.05) is 0 Å². The van der Waals surface area contributed by atoms with Crippen molar-refractivity contribution in [3.05, 3.63) is 24.3 Å². The molecule has 1 rings (SSSR count). The molecule has 0 aromatic carbocycles. The van der Waals surface area contributed by atoms with Crippen LogP contribution in [0.25, 0.3) is 0 Å². The molecule has 17 heavy (non-hydrogen) atoms. The third-order valence-electron chi connectivity index (χ3n) is 1.30. The molecule has 0 aliphatic carbocycles. The molecule has 0 bridgehead atoms. The van der Waals surface area contributed by atoms with E-state index < -0.39 is 7.25 Å². The summed E-state index contributed by atoms with van der Waals surface area (Å²) in [7, 11) is -4.36. The SMILES string of the molecule is COCCOCc1cnccn1.F[B-](F)(F)F. The number of rotatable bonds is 5. The average molecular weight is 255 g/mol. The molecular weight excluding hydrogens is 243 g/mol. The first kappa shape index (κ1) is 15.8. The van der Waals surface area contributed by atoms with Gasteiger partial charge in [0.1, 0.15) is 0 Å². The Hall–Kier alpha value is -1.22. The third kappa shape index (κ3) is 14.8. The number of hydrogen-bond donors (Lipinski definition) is 0. The van der Waals surface area contributed by atoms with Crippen LogP contribution in [0.5, 0.6) is 0 Å². The van der Waals surface area contributed by atoms with Gasteiger partial charge >= 0.3 is 7.25 Å². The number of methoxy groups -OCH3 is 1. The van der Waals surface area contributed by atoms with E-state index >= 15 is 0 Å². The molecule has 0 aliphatic rings. The van der Waals surface area contributed by atoms with Crippen molar-refractivity contribution < 1.29 is 26.7 Å². The zero-order chi connectivity index (χ0) is 13.1. The molecule has 4 nitrogen and oxygen atoms in total. The summed E-state index contributed by atoms with van der Waals surface area (Å²) in [4.78, 5) is 7.96. The highest BCUT2D eigenvalue weighted by Gasteiger charge is 2.20. The first-order valence-electron chi connectivity index (χ1n) is 4.62. The van der Waals surface area contributed by atoms with Crippen LogP contribution in [0.2, 0.25) is 0 Å². The second-order valence-electron chi connectivity index (χ2n) is 2.74. The van der Waals surface area contributed by atoms with Crippen LogP contribution in [0.3, 0.4) is 0 Å². The van der Waals surface area contributed by atoms with E-state index in [0.29, 0.717) is 19.8 Å². The molecule has 0 spiro atoms. The Balaban J connectivity index is 0.000000437. The zero-order valence-electron chi connectivity index (χ0n) is 9.15. The van der Waals surface area contributed by atoms with Gasteiger partial charge in [0.15, 0.2) is 0 Å². The molecule has 1 aromatic heterocycles. The summed E-state index contributed by atoms with van der Waals surface area (Å²) in [6.45, 7) is 1.70. The highest BCUT2D eigenvalue weighted by Crippen LogP contribution is 2.06. The first-order chi connectivity index (χ1) is 7.93. The van der Waals surface area contributed by atoms with Crippen molar-refractivity contribution >= 4 is 7.25 Å². The minimum atomic E-state index is -6.00. The first-order valence-corrected chi connectivity index (χ1v) is 4.62. The summed E-state index contributed by atoms with van der Waals surface area (Å²) >= 11 is 0. The molecule has 9 heteroatoms. The lowest BCUT2D eigenvalue weighted by Gasteiger charge is -2.01. The van der Waals surface area contributed by atoms with E-state index in [1.54, 1.807) is 25.7 Å². The molecule has 1 heterocycles. The van der Waals surface area contributed by atoms with Gasteiger partial charge in [0, 0.05) is 19.5 Å². The van der Waals surface area contributed by atoms with Crippen molar-refractivity contribution in [2.24, 2.45) is 0 Å². The Kier molecular flexibility index (Phi) is 8.25. The van der Waals surface area contributed by atoms with Crippen LogP contribution in [0, 0.1) is 0 Å². The van der Waals surface area contributed by atoms with E-state index in [4.69, 9.17) is 9.47 Å². The van der Waals surface area contributed by atoms with Crippen LogP contribution in [0.4, 0.5) is 17.3 Å². The Morgan fingerprint density at radius 2 is 1.82 bits per heavy atom. The lowest BCUT2D eigenvalue weighted by molar-refractivity contribution is 0.0601. The van der Waals surface area contributed by atoms with Gasteiger partial charge in [-0.25, -0.2) is 0 Å². The minimum Gasteiger partial charge on any atom is -0.418 e. The van der Waals surface area contributed by atoms with Crippen LogP contribution in [-0.2, 0) is 16.1 Å². The topological polar surface area (TPSA) is 44.2 Å². The van der Waals surface area contributed by atoms with E-state index in [-0.39, 0.29) is 0 Å². The fourth-order valence-electron chi connectivity index (χ4n) is 0.723. The molecule has 0 amide bonds. The van der Waals surface area contributed by atoms with Crippen molar-refractivity contribution in [1.82, 2.24) is 9.97 Å². The van der Waals surface area contributed by atoms with Gasteiger partial charge in [0.05, 0.1) is 31.7 Å². The molecule has 0 saturated carbocycles. The second-order valence-corrected chi connectivity index (χ2v) is 2.74. The fourth-order valence-corrected chi connectivity index (χ4v) is 0.723. The lowest BCUT2D eigenvalue weighted by Crippen LogP contribution is -2.02. The summed E-state index contributed by atoms with van der Waals surface area (Å²) in [6, 6.07) is 0. The summed E-state index contributed by atoms with van der Waals surface area (Å²) in [5, 5.41) is 0. The summed E-state index contributed by atoms with van der Waals surface area (Å²) in [5.74, 6) is 0. The third-order valence-corrected chi connectivity index (χ3v) is 1.30. The van der Waals surface area contributed by atoms with Crippen molar-refractivity contribution in [1.29, 1.82) is 0 Å². The highest BCUT2D eigenvalue weighted by molar-refractivity contribution is 6.50. The molecule has 0 saturated heterocycles. The van der Waals surface area contributed by atoms with Crippen molar-refractivity contribution in [3.63, 3.8) is 0 Å². The van der Waals surface area contributed by atoms with Gasteiger partial charge in [0.2, 0.25) is 0 Å². The molecule has 0 fully saturated rings. The minimum absolute atomic E-state index is 0.497. The van der Waals surface area contributed by atoms with Gasteiger partial charge in [-0.05, 0) is 0 Å². The summed E-state index contributed by atoms with van der Waals surface area (Å²) < 4.78 is 49.1. The number of aromatic nitrogens is 2. The van der Waals surface area contributed by atoms with Gasteiger partial charge < -0.3 is 26.7 Å². The Morgan fingerprint density at radius 3 is 2.29 bits per heavy atom. The maximum absolute atomic E-state index is 9.75. The van der Waals surface area contributed by atoms with E-state index in [0.717, 1.165) is 5.69 Å². The molecule has 0 aliphatic heterocycles. The van der Waals surface area contributed by atoms with Crippen molar-refractivity contribution in [2.45, 2.75) is 6.61 Å². The van der Waals surface area contributed by atoms with Gasteiger partial charge in [-0.15, -0.1) is 0 Å². The van der Waals surface area contributed by atoms with E-state index in [2.05, 4.69) is 9.97 Å². The van der Waals surface area contributed by atoms with Crippen LogP contribution >= 0.6 is 0 Å². The van der Waals surface area contributed by atoms with Gasteiger partial charge in [-0.2, -0.15) is 0 Å². The molecule has 1 aromatic rings. The van der Waals surface area contributed by atoms with Gasteiger partial charge in [-0.1, -0.05) is 0 Å². The molecule has 0 radical (unpaired) electrons. The Labute approximate surface area is 96.1 Å². The molecule has 98 valence electrons. The monoisotopic (exact) mass is 255 g/mol. The van der Waals surface area contributed by atoms with Crippen molar-refractivity contribution in [2.75, 3.05) is 20.3 Å². The maximum atomic E-state index is 9.75. The Morgan fingerprint density at radius 1 is 1.18 bits per heavy atom. The number of ether oxygens (including phenoxy) is 2. The predicted molar refractivity (Wildman–Crippen MR) is 53.8 cm³/mol. The van der Waals surface area contributed by atoms with Crippen molar-refractivity contribution in [3.8, 4) is 0 Å². The largest absolute Gasteiger partial charge is 0.673 e. The van der Waals surface area contributed by atoms with Gasteiger partial charge in [-0.3, -0.25) is 9.97 Å². The number of nitrogens with zero attached hydrogens (tertiary/aromatic N) is 2. The quantitative estimate of drug-likeness (QED) is 0.458. The summed E-state index contributed by atoms with van der Waals surface area (Å²) in [6.07, 6.45) is 4.97. The Bertz CT molecular complexity index is 281. The van der Waals surface area contributed by atoms with Gasteiger partial charge in [0.25, 0.3) is 0 Å². The molecular formula is C8H12BF4N2O2-. The number of hydrogen-bond acceptors (Lipinski definition) is 4. The predicted octanol–water partition coefficient (Wildman–Crippen LogP) is 1.94. The number of halogens is 4. The zero-order valence-corrected chi connectivity index (χ0v) is 9.15. The van der Waals surface area contributed by atoms with Crippen LogP contribution in [0.15, 0.2) is 18.6 Å². The normalized spacial score (nSPS) is 10.6. The van der Waals surface area contributed by atoms with E-state index in [1.165, 1.54) is 0 Å². The second kappa shape index (κ2) is 8.88. The maximum Gasteiger partial charge on any atom is 0.673 e.